The molecule has 0 aliphatic rings. The second-order valence-corrected chi connectivity index (χ2v) is 4.45. The second-order valence-electron chi connectivity index (χ2n) is 3.54. The van der Waals surface area contributed by atoms with Crippen molar-refractivity contribution in [2.75, 3.05) is 27.2 Å². The maximum absolute atomic E-state index is 12.0. The van der Waals surface area contributed by atoms with Gasteiger partial charge in [-0.2, -0.15) is 0 Å². The number of rotatable bonds is 3. The number of amides is 2. The third-order valence-electron chi connectivity index (χ3n) is 2.17. The molecule has 1 aromatic heterocycles. The molecule has 0 atom stereocenters. The van der Waals surface area contributed by atoms with Gasteiger partial charge in [-0.15, -0.1) is 11.3 Å². The van der Waals surface area contributed by atoms with Crippen molar-refractivity contribution in [2.45, 2.75) is 0 Å². The van der Waals surface area contributed by atoms with Crippen LogP contribution in [-0.4, -0.2) is 43.9 Å². The topological polar surface area (TPSA) is 75.4 Å². The van der Waals surface area contributed by atoms with E-state index in [1.54, 1.807) is 18.5 Å². The van der Waals surface area contributed by atoms with E-state index in [0.717, 1.165) is 4.88 Å². The highest BCUT2D eigenvalue weighted by molar-refractivity contribution is 7.10. The number of carbonyl (C=O) groups excluding carboxylic acids is 2. The highest BCUT2D eigenvalue weighted by Crippen LogP contribution is 2.14. The van der Waals surface area contributed by atoms with Crippen LogP contribution in [0, 0.1) is 11.8 Å². The van der Waals surface area contributed by atoms with Crippen molar-refractivity contribution in [3.05, 3.63) is 21.9 Å². The number of nitrogens with two attached hydrogens (primary N) is 1. The Bertz CT molecular complexity index is 499. The highest BCUT2D eigenvalue weighted by atomic mass is 32.1. The summed E-state index contributed by atoms with van der Waals surface area (Å²) in [5.74, 6) is 5.19. The van der Waals surface area contributed by atoms with E-state index in [1.807, 2.05) is 0 Å². The predicted octanol–water partition coefficient (Wildman–Crippen LogP) is -0.124. The van der Waals surface area contributed by atoms with Crippen molar-refractivity contribution in [1.29, 1.82) is 0 Å². The average Bonchev–Trinajstić information content (AvgIpc) is 2.83. The molecule has 0 aliphatic heterocycles. The van der Waals surface area contributed by atoms with E-state index in [4.69, 9.17) is 5.73 Å². The first-order valence-electron chi connectivity index (χ1n) is 5.32. The molecule has 0 aliphatic carbocycles. The Labute approximate surface area is 110 Å². The van der Waals surface area contributed by atoms with Crippen LogP contribution in [0.3, 0.4) is 0 Å². The van der Waals surface area contributed by atoms with Gasteiger partial charge in [-0.05, 0) is 6.07 Å². The van der Waals surface area contributed by atoms with Crippen molar-refractivity contribution in [1.82, 2.24) is 10.2 Å². The Kier molecular flexibility index (Phi) is 5.36. The molecule has 1 aromatic rings. The van der Waals surface area contributed by atoms with Crippen LogP contribution in [0.5, 0.6) is 0 Å². The Hall–Kier alpha value is -1.84. The van der Waals surface area contributed by atoms with Gasteiger partial charge in [-0.1, -0.05) is 11.8 Å². The van der Waals surface area contributed by atoms with Crippen molar-refractivity contribution >= 4 is 23.2 Å². The van der Waals surface area contributed by atoms with Gasteiger partial charge in [-0.3, -0.25) is 9.59 Å². The predicted molar refractivity (Wildman–Crippen MR) is 71.3 cm³/mol. The molecule has 0 unspecified atom stereocenters. The number of carbonyl (C=O) groups is 2. The molecule has 0 saturated heterocycles. The van der Waals surface area contributed by atoms with Gasteiger partial charge in [0.1, 0.15) is 0 Å². The van der Waals surface area contributed by atoms with Crippen LogP contribution in [-0.2, 0) is 4.79 Å². The molecular weight excluding hydrogens is 250 g/mol. The molecule has 3 N–H and O–H groups in total. The van der Waals surface area contributed by atoms with Crippen LogP contribution in [0.2, 0.25) is 0 Å². The fourth-order valence-electron chi connectivity index (χ4n) is 1.24. The summed E-state index contributed by atoms with van der Waals surface area (Å²) in [6, 6.07) is 1.70. The zero-order valence-electron chi connectivity index (χ0n) is 10.3. The fourth-order valence-corrected chi connectivity index (χ4v) is 1.99. The summed E-state index contributed by atoms with van der Waals surface area (Å²) in [5, 5.41) is 4.19. The van der Waals surface area contributed by atoms with E-state index < -0.39 is 0 Å². The van der Waals surface area contributed by atoms with E-state index in [2.05, 4.69) is 17.2 Å². The summed E-state index contributed by atoms with van der Waals surface area (Å²) in [6.45, 7) is 0.326. The fraction of sp³-hybridized carbons (Fsp3) is 0.333. The first-order valence-corrected chi connectivity index (χ1v) is 6.20. The Balaban J connectivity index is 2.72. The molecule has 0 bridgehead atoms. The number of hydrogen-bond acceptors (Lipinski definition) is 4. The van der Waals surface area contributed by atoms with Gasteiger partial charge in [0, 0.05) is 19.5 Å². The van der Waals surface area contributed by atoms with E-state index >= 15 is 0 Å². The largest absolute Gasteiger partial charge is 0.358 e. The molecule has 1 heterocycles. The van der Waals surface area contributed by atoms with Crippen LogP contribution >= 0.6 is 11.3 Å². The van der Waals surface area contributed by atoms with Crippen LogP contribution in [0.25, 0.3) is 0 Å². The molecule has 0 radical (unpaired) electrons. The molecule has 0 saturated carbocycles. The molecule has 0 fully saturated rings. The third kappa shape index (κ3) is 3.87. The smallest absolute Gasteiger partial charge is 0.254 e. The van der Waals surface area contributed by atoms with Crippen LogP contribution in [0.1, 0.15) is 15.2 Å². The summed E-state index contributed by atoms with van der Waals surface area (Å²) in [6.07, 6.45) is 0. The van der Waals surface area contributed by atoms with E-state index in [1.165, 1.54) is 23.3 Å². The Morgan fingerprint density at radius 1 is 1.56 bits per heavy atom. The van der Waals surface area contributed by atoms with Crippen LogP contribution in [0.15, 0.2) is 11.4 Å². The molecule has 0 spiro atoms. The Morgan fingerprint density at radius 2 is 2.28 bits per heavy atom. The molecular formula is C12H15N3O2S. The molecule has 5 nitrogen and oxygen atoms in total. The molecule has 2 amide bonds. The van der Waals surface area contributed by atoms with Gasteiger partial charge in [0.05, 0.1) is 23.5 Å². The van der Waals surface area contributed by atoms with Crippen LogP contribution < -0.4 is 11.1 Å². The average molecular weight is 265 g/mol. The van der Waals surface area contributed by atoms with Crippen LogP contribution in [0.4, 0.5) is 0 Å². The van der Waals surface area contributed by atoms with Gasteiger partial charge in [0.25, 0.3) is 5.91 Å². The number of hydrogen-bond donors (Lipinski definition) is 2. The quantitative estimate of drug-likeness (QED) is 0.748. The highest BCUT2D eigenvalue weighted by Gasteiger charge is 2.15. The minimum Gasteiger partial charge on any atom is -0.358 e. The third-order valence-corrected chi connectivity index (χ3v) is 3.01. The lowest BCUT2D eigenvalue weighted by Gasteiger charge is -2.14. The maximum Gasteiger partial charge on any atom is 0.254 e. The molecule has 6 heteroatoms. The lowest BCUT2D eigenvalue weighted by molar-refractivity contribution is -0.121. The van der Waals surface area contributed by atoms with Crippen molar-refractivity contribution in [3.8, 4) is 11.8 Å². The van der Waals surface area contributed by atoms with Gasteiger partial charge in [-0.25, -0.2) is 0 Å². The van der Waals surface area contributed by atoms with E-state index in [-0.39, 0.29) is 24.9 Å². The number of nitrogens with one attached hydrogen (secondary N) is 1. The molecule has 0 aromatic carbocycles. The summed E-state index contributed by atoms with van der Waals surface area (Å²) in [5.41, 5.74) is 5.81. The molecule has 18 heavy (non-hydrogen) atoms. The lowest BCUT2D eigenvalue weighted by Crippen LogP contribution is -2.36. The van der Waals surface area contributed by atoms with Crippen molar-refractivity contribution in [2.24, 2.45) is 5.73 Å². The minimum atomic E-state index is -0.204. The summed E-state index contributed by atoms with van der Waals surface area (Å²) < 4.78 is 0. The minimum absolute atomic E-state index is 0.0367. The van der Waals surface area contributed by atoms with Gasteiger partial charge < -0.3 is 16.0 Å². The normalized spacial score (nSPS) is 9.28. The summed E-state index contributed by atoms with van der Waals surface area (Å²) in [7, 11) is 3.12. The number of thiophene rings is 1. The van der Waals surface area contributed by atoms with Crippen molar-refractivity contribution < 1.29 is 9.59 Å². The van der Waals surface area contributed by atoms with E-state index in [9.17, 15) is 9.59 Å². The standard InChI is InChI=1S/C12H15N3O2S/c1-14-11(16)7-15(2)12(17)9-6-10(18-8-9)4-3-5-13/h6,8H,5,7,13H2,1-2H3,(H,14,16). The monoisotopic (exact) mass is 265 g/mol. The Morgan fingerprint density at radius 3 is 2.89 bits per heavy atom. The number of likely N-dealkylation sites (N-methyl/N-ethyl adjacent to an activating group) is 2. The summed E-state index contributed by atoms with van der Waals surface area (Å²) >= 11 is 1.38. The maximum atomic E-state index is 12.0. The molecule has 1 rings (SSSR count). The first kappa shape index (κ1) is 14.2. The SMILES string of the molecule is CNC(=O)CN(C)C(=O)c1csc(C#CCN)c1. The second kappa shape index (κ2) is 6.79. The van der Waals surface area contributed by atoms with Crippen molar-refractivity contribution in [3.63, 3.8) is 0 Å². The van der Waals surface area contributed by atoms with Gasteiger partial charge in [0.2, 0.25) is 5.91 Å². The lowest BCUT2D eigenvalue weighted by atomic mass is 10.2. The zero-order valence-corrected chi connectivity index (χ0v) is 11.1. The van der Waals surface area contributed by atoms with Gasteiger partial charge >= 0.3 is 0 Å². The van der Waals surface area contributed by atoms with Gasteiger partial charge in [0.15, 0.2) is 0 Å². The van der Waals surface area contributed by atoms with E-state index in [0.29, 0.717) is 5.56 Å². The zero-order chi connectivity index (χ0) is 13.5. The number of nitrogens with zero attached hydrogens (tertiary/aromatic N) is 1. The molecule has 96 valence electrons. The first-order chi connectivity index (χ1) is 8.58. The summed E-state index contributed by atoms with van der Waals surface area (Å²) in [4.78, 5) is 25.3.